The Hall–Kier alpha value is -0.870. The van der Waals surface area contributed by atoms with Crippen molar-refractivity contribution in [2.24, 2.45) is 5.92 Å². The van der Waals surface area contributed by atoms with E-state index >= 15 is 0 Å². The predicted molar refractivity (Wildman–Crippen MR) is 89.4 cm³/mol. The van der Waals surface area contributed by atoms with Crippen LogP contribution in [0, 0.1) is 12.8 Å². The average molecular weight is 351 g/mol. The zero-order valence-electron chi connectivity index (χ0n) is 12.5. The molecular weight excluding hydrogens is 328 g/mol. The number of carbonyl (C=O) groups excluding carboxylic acids is 1. The van der Waals surface area contributed by atoms with Crippen molar-refractivity contribution in [3.8, 4) is 0 Å². The molecule has 1 heterocycles. The molecule has 3 atom stereocenters. The van der Waals surface area contributed by atoms with Crippen molar-refractivity contribution in [1.29, 1.82) is 0 Å². The summed E-state index contributed by atoms with van der Waals surface area (Å²) >= 11 is 3.55. The van der Waals surface area contributed by atoms with Gasteiger partial charge in [0.25, 0.3) is 0 Å². The number of halogens is 1. The van der Waals surface area contributed by atoms with E-state index in [4.69, 9.17) is 0 Å². The number of benzene rings is 1. The highest BCUT2D eigenvalue weighted by molar-refractivity contribution is 9.10. The fraction of sp³-hybridized carbons (Fsp3) is 0.588. The third-order valence-electron chi connectivity index (χ3n) is 4.92. The number of anilines is 1. The standard InChI is InChI=1S/C17H23BrN2O/c1-11-5-4-8-14(16(11)18)20-17(21)15-10-9-12-6-2-3-7-13(12)19-15/h4-5,8,12-13,15,19H,2-3,6-7,9-10H2,1H3,(H,20,21). The predicted octanol–water partition coefficient (Wildman–Crippen LogP) is 4.01. The lowest BCUT2D eigenvalue weighted by Gasteiger charge is -2.39. The van der Waals surface area contributed by atoms with E-state index in [1.165, 1.54) is 32.1 Å². The smallest absolute Gasteiger partial charge is 0.241 e. The first-order valence-corrected chi connectivity index (χ1v) is 8.76. The number of rotatable bonds is 2. The first kappa shape index (κ1) is 15.0. The highest BCUT2D eigenvalue weighted by atomic mass is 79.9. The number of hydrogen-bond acceptors (Lipinski definition) is 2. The minimum absolute atomic E-state index is 0.0447. The molecule has 0 radical (unpaired) electrons. The van der Waals surface area contributed by atoms with Gasteiger partial charge < -0.3 is 10.6 Å². The van der Waals surface area contributed by atoms with Crippen LogP contribution >= 0.6 is 15.9 Å². The van der Waals surface area contributed by atoms with E-state index in [1.807, 2.05) is 25.1 Å². The van der Waals surface area contributed by atoms with Gasteiger partial charge in [0, 0.05) is 10.5 Å². The van der Waals surface area contributed by atoms with Gasteiger partial charge in [-0.3, -0.25) is 4.79 Å². The van der Waals surface area contributed by atoms with Crippen molar-refractivity contribution in [1.82, 2.24) is 5.32 Å². The van der Waals surface area contributed by atoms with Crippen molar-refractivity contribution in [2.45, 2.75) is 57.5 Å². The van der Waals surface area contributed by atoms with E-state index < -0.39 is 0 Å². The van der Waals surface area contributed by atoms with Crippen molar-refractivity contribution in [3.63, 3.8) is 0 Å². The van der Waals surface area contributed by atoms with Crippen LogP contribution in [0.1, 0.15) is 44.1 Å². The monoisotopic (exact) mass is 350 g/mol. The first-order valence-electron chi connectivity index (χ1n) is 7.97. The van der Waals surface area contributed by atoms with Gasteiger partial charge >= 0.3 is 0 Å². The molecule has 0 bridgehead atoms. The summed E-state index contributed by atoms with van der Waals surface area (Å²) in [5.74, 6) is 0.888. The highest BCUT2D eigenvalue weighted by Crippen LogP contribution is 2.33. The summed E-state index contributed by atoms with van der Waals surface area (Å²) < 4.78 is 0.977. The SMILES string of the molecule is Cc1cccc(NC(=O)C2CCC3CCCCC3N2)c1Br. The zero-order chi connectivity index (χ0) is 14.8. The van der Waals surface area contributed by atoms with Gasteiger partial charge in [-0.15, -0.1) is 0 Å². The van der Waals surface area contributed by atoms with Gasteiger partial charge in [-0.25, -0.2) is 0 Å². The van der Waals surface area contributed by atoms with Gasteiger partial charge in [0.15, 0.2) is 0 Å². The Balaban J connectivity index is 1.64. The summed E-state index contributed by atoms with van der Waals surface area (Å²) in [5.41, 5.74) is 2.00. The summed E-state index contributed by atoms with van der Waals surface area (Å²) in [4.78, 5) is 12.5. The first-order chi connectivity index (χ1) is 10.1. The molecule has 3 rings (SSSR count). The topological polar surface area (TPSA) is 41.1 Å². The molecule has 1 saturated carbocycles. The normalized spacial score (nSPS) is 28.8. The molecule has 2 fully saturated rings. The van der Waals surface area contributed by atoms with Crippen molar-refractivity contribution in [3.05, 3.63) is 28.2 Å². The second-order valence-corrected chi connectivity index (χ2v) is 7.17. The Labute approximate surface area is 135 Å². The zero-order valence-corrected chi connectivity index (χ0v) is 14.1. The van der Waals surface area contributed by atoms with Gasteiger partial charge in [0.2, 0.25) is 5.91 Å². The lowest BCUT2D eigenvalue weighted by Crippen LogP contribution is -2.53. The molecule has 2 aliphatic rings. The van der Waals surface area contributed by atoms with E-state index in [1.54, 1.807) is 0 Å². The van der Waals surface area contributed by atoms with E-state index in [0.717, 1.165) is 28.1 Å². The fourth-order valence-corrected chi connectivity index (χ4v) is 4.03. The molecule has 1 aliphatic carbocycles. The minimum Gasteiger partial charge on any atom is -0.324 e. The maximum Gasteiger partial charge on any atom is 0.241 e. The number of hydrogen-bond donors (Lipinski definition) is 2. The van der Waals surface area contributed by atoms with Crippen molar-refractivity contribution >= 4 is 27.5 Å². The maximum absolute atomic E-state index is 12.5. The van der Waals surface area contributed by atoms with E-state index in [-0.39, 0.29) is 11.9 Å². The van der Waals surface area contributed by atoms with Crippen LogP contribution in [-0.2, 0) is 4.79 Å². The molecule has 0 aromatic heterocycles. The molecule has 3 nitrogen and oxygen atoms in total. The van der Waals surface area contributed by atoms with Gasteiger partial charge in [-0.1, -0.05) is 25.0 Å². The van der Waals surface area contributed by atoms with Crippen LogP contribution in [0.25, 0.3) is 0 Å². The number of carbonyl (C=O) groups is 1. The van der Waals surface area contributed by atoms with Crippen LogP contribution in [0.2, 0.25) is 0 Å². The molecule has 1 amide bonds. The molecule has 114 valence electrons. The van der Waals surface area contributed by atoms with Crippen LogP contribution in [0.5, 0.6) is 0 Å². The molecule has 1 aromatic rings. The van der Waals surface area contributed by atoms with Crippen LogP contribution in [0.3, 0.4) is 0 Å². The molecule has 4 heteroatoms. The number of aryl methyl sites for hydroxylation is 1. The molecule has 3 unspecified atom stereocenters. The Morgan fingerprint density at radius 2 is 2.05 bits per heavy atom. The summed E-state index contributed by atoms with van der Waals surface area (Å²) in [6.45, 7) is 2.03. The third kappa shape index (κ3) is 3.32. The summed E-state index contributed by atoms with van der Waals surface area (Å²) in [5, 5.41) is 6.65. The fourth-order valence-electron chi connectivity index (χ4n) is 3.67. The number of piperidine rings is 1. The minimum atomic E-state index is -0.0447. The number of fused-ring (bicyclic) bond motifs is 1. The Kier molecular flexibility index (Phi) is 4.65. The molecular formula is C17H23BrN2O. The largest absolute Gasteiger partial charge is 0.324 e. The molecule has 1 aliphatic heterocycles. The Morgan fingerprint density at radius 3 is 2.90 bits per heavy atom. The van der Waals surface area contributed by atoms with Gasteiger partial charge in [0.05, 0.1) is 11.7 Å². The summed E-state index contributed by atoms with van der Waals surface area (Å²) in [6.07, 6.45) is 7.35. The van der Waals surface area contributed by atoms with E-state index in [9.17, 15) is 4.79 Å². The lowest BCUT2D eigenvalue weighted by molar-refractivity contribution is -0.119. The van der Waals surface area contributed by atoms with E-state index in [0.29, 0.717) is 6.04 Å². The van der Waals surface area contributed by atoms with Crippen molar-refractivity contribution < 1.29 is 4.79 Å². The van der Waals surface area contributed by atoms with Crippen LogP contribution in [0.15, 0.2) is 22.7 Å². The highest BCUT2D eigenvalue weighted by Gasteiger charge is 2.34. The van der Waals surface area contributed by atoms with Crippen LogP contribution < -0.4 is 10.6 Å². The molecule has 21 heavy (non-hydrogen) atoms. The maximum atomic E-state index is 12.5. The quantitative estimate of drug-likeness (QED) is 0.845. The van der Waals surface area contributed by atoms with Crippen LogP contribution in [0.4, 0.5) is 5.69 Å². The second-order valence-electron chi connectivity index (χ2n) is 6.37. The van der Waals surface area contributed by atoms with Crippen molar-refractivity contribution in [2.75, 3.05) is 5.32 Å². The second kappa shape index (κ2) is 6.49. The van der Waals surface area contributed by atoms with E-state index in [2.05, 4.69) is 26.6 Å². The Morgan fingerprint density at radius 1 is 1.24 bits per heavy atom. The lowest BCUT2D eigenvalue weighted by atomic mass is 9.77. The van der Waals surface area contributed by atoms with Crippen LogP contribution in [-0.4, -0.2) is 18.0 Å². The molecule has 1 saturated heterocycles. The average Bonchev–Trinajstić information content (AvgIpc) is 2.51. The summed E-state index contributed by atoms with van der Waals surface area (Å²) in [7, 11) is 0. The molecule has 1 aromatic carbocycles. The molecule has 0 spiro atoms. The Bertz CT molecular complexity index is 532. The van der Waals surface area contributed by atoms with Gasteiger partial charge in [-0.2, -0.15) is 0 Å². The third-order valence-corrected chi connectivity index (χ3v) is 5.97. The van der Waals surface area contributed by atoms with Gasteiger partial charge in [0.1, 0.15) is 0 Å². The van der Waals surface area contributed by atoms with Gasteiger partial charge in [-0.05, 0) is 66.1 Å². The number of nitrogens with one attached hydrogen (secondary N) is 2. The molecule has 2 N–H and O–H groups in total. The summed E-state index contributed by atoms with van der Waals surface area (Å²) in [6, 6.07) is 6.45. The number of amides is 1.